The van der Waals surface area contributed by atoms with Crippen molar-refractivity contribution >= 4 is 29.3 Å². The maximum atomic E-state index is 11.5. The summed E-state index contributed by atoms with van der Waals surface area (Å²) in [5.41, 5.74) is 0.493. The molecule has 104 valence electrons. The highest BCUT2D eigenvalue weighted by Gasteiger charge is 2.07. The molecule has 0 fully saturated rings. The maximum Gasteiger partial charge on any atom is 0.325 e. The molecule has 0 bridgehead atoms. The molecule has 1 rings (SSSR count). The smallest absolute Gasteiger partial charge is 0.325 e. The number of urea groups is 1. The third-order valence-corrected chi connectivity index (χ3v) is 2.40. The van der Waals surface area contributed by atoms with Crippen LogP contribution in [0, 0.1) is 0 Å². The molecule has 2 N–H and O–H groups in total. The van der Waals surface area contributed by atoms with E-state index in [1.54, 1.807) is 25.1 Å². The number of nitrogens with one attached hydrogen (secondary N) is 2. The summed E-state index contributed by atoms with van der Waals surface area (Å²) < 4.78 is 9.66. The molecule has 0 spiro atoms. The summed E-state index contributed by atoms with van der Waals surface area (Å²) in [5, 5.41) is 5.28. The molecule has 19 heavy (non-hydrogen) atoms. The molecule has 0 aromatic heterocycles. The van der Waals surface area contributed by atoms with Crippen LogP contribution in [0.15, 0.2) is 18.2 Å². The molecule has 0 unspecified atom stereocenters. The van der Waals surface area contributed by atoms with Crippen molar-refractivity contribution in [3.63, 3.8) is 0 Å². The van der Waals surface area contributed by atoms with Crippen LogP contribution in [0.1, 0.15) is 6.92 Å². The molecule has 0 aliphatic carbocycles. The summed E-state index contributed by atoms with van der Waals surface area (Å²) in [7, 11) is 1.50. The Hall–Kier alpha value is -1.95. The Labute approximate surface area is 116 Å². The Balaban J connectivity index is 2.48. The van der Waals surface area contributed by atoms with Crippen LogP contribution in [0.25, 0.3) is 0 Å². The highest BCUT2D eigenvalue weighted by atomic mass is 35.5. The summed E-state index contributed by atoms with van der Waals surface area (Å²) in [6, 6.07) is 4.29. The highest BCUT2D eigenvalue weighted by Crippen LogP contribution is 2.26. The van der Waals surface area contributed by atoms with Gasteiger partial charge in [0.05, 0.1) is 18.7 Å². The first kappa shape index (κ1) is 15.1. The van der Waals surface area contributed by atoms with E-state index in [0.717, 1.165) is 0 Å². The fraction of sp³-hybridized carbons (Fsp3) is 0.333. The van der Waals surface area contributed by atoms with E-state index in [0.29, 0.717) is 16.5 Å². The number of amides is 2. The summed E-state index contributed by atoms with van der Waals surface area (Å²) in [6.45, 7) is 1.77. The standard InChI is InChI=1S/C12H15ClN2O4/c1-3-19-11(16)7-14-12(17)15-8-4-5-10(18-2)9(13)6-8/h4-6H,3,7H2,1-2H3,(H2,14,15,17). The third-order valence-electron chi connectivity index (χ3n) is 2.11. The first-order valence-corrected chi connectivity index (χ1v) is 5.98. The van der Waals surface area contributed by atoms with Crippen LogP contribution in [-0.2, 0) is 9.53 Å². The topological polar surface area (TPSA) is 76.7 Å². The zero-order valence-electron chi connectivity index (χ0n) is 10.7. The second-order valence-electron chi connectivity index (χ2n) is 3.46. The maximum absolute atomic E-state index is 11.5. The molecule has 0 aliphatic heterocycles. The summed E-state index contributed by atoms with van der Waals surface area (Å²) >= 11 is 5.91. The Kier molecular flexibility index (Phi) is 5.95. The average molecular weight is 287 g/mol. The Morgan fingerprint density at radius 3 is 2.68 bits per heavy atom. The second kappa shape index (κ2) is 7.48. The van der Waals surface area contributed by atoms with Crippen LogP contribution in [0.3, 0.4) is 0 Å². The molecule has 0 saturated carbocycles. The average Bonchev–Trinajstić information content (AvgIpc) is 2.37. The van der Waals surface area contributed by atoms with Gasteiger partial charge < -0.3 is 20.1 Å². The van der Waals surface area contributed by atoms with Crippen LogP contribution in [0.5, 0.6) is 5.75 Å². The van der Waals surface area contributed by atoms with Crippen molar-refractivity contribution in [2.75, 3.05) is 25.6 Å². The molecular weight excluding hydrogens is 272 g/mol. The number of methoxy groups -OCH3 is 1. The molecule has 6 nitrogen and oxygen atoms in total. The lowest BCUT2D eigenvalue weighted by molar-refractivity contribution is -0.141. The second-order valence-corrected chi connectivity index (χ2v) is 3.87. The van der Waals surface area contributed by atoms with Crippen molar-refractivity contribution in [3.05, 3.63) is 23.2 Å². The van der Waals surface area contributed by atoms with E-state index < -0.39 is 12.0 Å². The molecular formula is C12H15ClN2O4. The van der Waals surface area contributed by atoms with E-state index in [-0.39, 0.29) is 13.2 Å². The predicted molar refractivity (Wildman–Crippen MR) is 71.7 cm³/mol. The van der Waals surface area contributed by atoms with Crippen molar-refractivity contribution in [3.8, 4) is 5.75 Å². The molecule has 1 aromatic rings. The summed E-state index contributed by atoms with van der Waals surface area (Å²) in [4.78, 5) is 22.5. The van der Waals surface area contributed by atoms with Crippen molar-refractivity contribution in [1.29, 1.82) is 0 Å². The van der Waals surface area contributed by atoms with Gasteiger partial charge in [-0.2, -0.15) is 0 Å². The molecule has 2 amide bonds. The number of benzene rings is 1. The quantitative estimate of drug-likeness (QED) is 0.812. The van der Waals surface area contributed by atoms with Crippen molar-refractivity contribution in [1.82, 2.24) is 5.32 Å². The van der Waals surface area contributed by atoms with Crippen LogP contribution >= 0.6 is 11.6 Å². The van der Waals surface area contributed by atoms with Gasteiger partial charge in [-0.3, -0.25) is 4.79 Å². The van der Waals surface area contributed by atoms with Gasteiger partial charge in [-0.25, -0.2) is 4.79 Å². The Morgan fingerprint density at radius 2 is 2.11 bits per heavy atom. The van der Waals surface area contributed by atoms with Gasteiger partial charge >= 0.3 is 12.0 Å². The van der Waals surface area contributed by atoms with Gasteiger partial charge in [-0.15, -0.1) is 0 Å². The van der Waals surface area contributed by atoms with E-state index in [1.807, 2.05) is 0 Å². The van der Waals surface area contributed by atoms with Crippen molar-refractivity contribution in [2.24, 2.45) is 0 Å². The van der Waals surface area contributed by atoms with Crippen molar-refractivity contribution in [2.45, 2.75) is 6.92 Å². The lowest BCUT2D eigenvalue weighted by Crippen LogP contribution is -2.34. The molecule has 0 atom stereocenters. The number of carbonyl (C=O) groups excluding carboxylic acids is 2. The largest absolute Gasteiger partial charge is 0.495 e. The lowest BCUT2D eigenvalue weighted by Gasteiger charge is -2.09. The number of carbonyl (C=O) groups is 2. The summed E-state index contributed by atoms with van der Waals surface area (Å²) in [6.07, 6.45) is 0. The lowest BCUT2D eigenvalue weighted by atomic mass is 10.3. The highest BCUT2D eigenvalue weighted by molar-refractivity contribution is 6.32. The molecule has 0 aliphatic rings. The van der Waals surface area contributed by atoms with Crippen LogP contribution in [0.4, 0.5) is 10.5 Å². The molecule has 1 aromatic carbocycles. The van der Waals surface area contributed by atoms with Gasteiger partial charge in [-0.05, 0) is 25.1 Å². The van der Waals surface area contributed by atoms with Gasteiger partial charge in [-0.1, -0.05) is 11.6 Å². The van der Waals surface area contributed by atoms with Crippen LogP contribution in [0.2, 0.25) is 5.02 Å². The Morgan fingerprint density at radius 1 is 1.37 bits per heavy atom. The van der Waals surface area contributed by atoms with Crippen molar-refractivity contribution < 1.29 is 19.1 Å². The Bertz CT molecular complexity index is 465. The summed E-state index contributed by atoms with van der Waals surface area (Å²) in [5.74, 6) is 0.0181. The fourth-order valence-electron chi connectivity index (χ4n) is 1.28. The van der Waals surface area contributed by atoms with Gasteiger partial charge in [0.2, 0.25) is 0 Å². The SMILES string of the molecule is CCOC(=O)CNC(=O)Nc1ccc(OC)c(Cl)c1. The monoisotopic (exact) mass is 286 g/mol. The van der Waals surface area contributed by atoms with Gasteiger partial charge in [0, 0.05) is 5.69 Å². The normalized spacial score (nSPS) is 9.63. The zero-order valence-corrected chi connectivity index (χ0v) is 11.4. The van der Waals surface area contributed by atoms with E-state index in [9.17, 15) is 9.59 Å². The first-order chi connectivity index (χ1) is 9.06. The van der Waals surface area contributed by atoms with Crippen LogP contribution in [-0.4, -0.2) is 32.3 Å². The molecule has 7 heteroatoms. The van der Waals surface area contributed by atoms with E-state index in [2.05, 4.69) is 15.4 Å². The molecule has 0 radical (unpaired) electrons. The van der Waals surface area contributed by atoms with Gasteiger partial charge in [0.1, 0.15) is 12.3 Å². The number of anilines is 1. The van der Waals surface area contributed by atoms with Gasteiger partial charge in [0.15, 0.2) is 0 Å². The van der Waals surface area contributed by atoms with E-state index in [4.69, 9.17) is 16.3 Å². The number of esters is 1. The molecule has 0 saturated heterocycles. The number of hydrogen-bond donors (Lipinski definition) is 2. The zero-order chi connectivity index (χ0) is 14.3. The third kappa shape index (κ3) is 5.05. The minimum absolute atomic E-state index is 0.191. The molecule has 0 heterocycles. The number of halogens is 1. The first-order valence-electron chi connectivity index (χ1n) is 5.60. The van der Waals surface area contributed by atoms with E-state index in [1.165, 1.54) is 7.11 Å². The van der Waals surface area contributed by atoms with Crippen LogP contribution < -0.4 is 15.4 Å². The minimum atomic E-state index is -0.519. The van der Waals surface area contributed by atoms with Gasteiger partial charge in [0.25, 0.3) is 0 Å². The number of rotatable bonds is 5. The minimum Gasteiger partial charge on any atom is -0.495 e. The number of hydrogen-bond acceptors (Lipinski definition) is 4. The number of ether oxygens (including phenoxy) is 2. The predicted octanol–water partition coefficient (Wildman–Crippen LogP) is 2.03. The van der Waals surface area contributed by atoms with E-state index >= 15 is 0 Å². The fourth-order valence-corrected chi connectivity index (χ4v) is 1.54.